The van der Waals surface area contributed by atoms with E-state index in [-0.39, 0.29) is 0 Å². The first-order valence-electron chi connectivity index (χ1n) is 6.60. The van der Waals surface area contributed by atoms with E-state index in [9.17, 15) is 0 Å². The van der Waals surface area contributed by atoms with Gasteiger partial charge < -0.3 is 5.32 Å². The van der Waals surface area contributed by atoms with E-state index in [2.05, 4.69) is 79.8 Å². The second-order valence-electron chi connectivity index (χ2n) is 4.85. The summed E-state index contributed by atoms with van der Waals surface area (Å²) in [7, 11) is 0. The maximum atomic E-state index is 3.60. The lowest BCUT2D eigenvalue weighted by molar-refractivity contribution is 0.537. The lowest BCUT2D eigenvalue weighted by Crippen LogP contribution is -2.23. The summed E-state index contributed by atoms with van der Waals surface area (Å²) < 4.78 is 0. The van der Waals surface area contributed by atoms with Gasteiger partial charge in [0.25, 0.3) is 0 Å². The van der Waals surface area contributed by atoms with Gasteiger partial charge >= 0.3 is 0 Å². The number of nitrogens with one attached hydrogen (secondary N) is 1. The molecule has 2 aromatic rings. The average molecular weight is 239 g/mol. The summed E-state index contributed by atoms with van der Waals surface area (Å²) in [5.74, 6) is 0.539. The third-order valence-corrected chi connectivity index (χ3v) is 3.40. The molecule has 1 N–H and O–H groups in total. The van der Waals surface area contributed by atoms with Gasteiger partial charge in [-0.1, -0.05) is 67.6 Å². The molecule has 0 aliphatic carbocycles. The molecule has 94 valence electrons. The van der Waals surface area contributed by atoms with Crippen LogP contribution in [0.1, 0.15) is 36.9 Å². The standard InChI is InChI=1S/C17H21N/c1-14(16-9-5-3-6-10-16)13-18-15(2)17-11-7-4-8-12-17/h3-12,14-15,18H,13H2,1-2H3/t14-,15+/m1/s1. The van der Waals surface area contributed by atoms with E-state index in [4.69, 9.17) is 0 Å². The lowest BCUT2D eigenvalue weighted by Gasteiger charge is -2.18. The molecule has 0 heterocycles. The van der Waals surface area contributed by atoms with Crippen molar-refractivity contribution in [3.05, 3.63) is 71.8 Å². The fourth-order valence-corrected chi connectivity index (χ4v) is 2.11. The van der Waals surface area contributed by atoms with E-state index < -0.39 is 0 Å². The molecule has 0 unspecified atom stereocenters. The monoisotopic (exact) mass is 239 g/mol. The second-order valence-corrected chi connectivity index (χ2v) is 4.85. The van der Waals surface area contributed by atoms with Crippen molar-refractivity contribution in [3.8, 4) is 0 Å². The molecule has 0 bridgehead atoms. The fraction of sp³-hybridized carbons (Fsp3) is 0.294. The zero-order chi connectivity index (χ0) is 12.8. The van der Waals surface area contributed by atoms with Crippen molar-refractivity contribution < 1.29 is 0 Å². The molecule has 0 amide bonds. The van der Waals surface area contributed by atoms with Crippen LogP contribution in [-0.4, -0.2) is 6.54 Å². The van der Waals surface area contributed by atoms with Crippen LogP contribution in [0.2, 0.25) is 0 Å². The Hall–Kier alpha value is -1.60. The van der Waals surface area contributed by atoms with E-state index in [1.165, 1.54) is 11.1 Å². The molecule has 0 aliphatic heterocycles. The van der Waals surface area contributed by atoms with Gasteiger partial charge in [0.15, 0.2) is 0 Å². The quantitative estimate of drug-likeness (QED) is 0.827. The average Bonchev–Trinajstić information content (AvgIpc) is 2.46. The summed E-state index contributed by atoms with van der Waals surface area (Å²) in [6.45, 7) is 5.48. The Kier molecular flexibility index (Phi) is 4.54. The van der Waals surface area contributed by atoms with Crippen molar-refractivity contribution in [2.24, 2.45) is 0 Å². The van der Waals surface area contributed by atoms with Gasteiger partial charge in [-0.15, -0.1) is 0 Å². The molecule has 0 aliphatic rings. The van der Waals surface area contributed by atoms with Gasteiger partial charge in [0, 0.05) is 12.6 Å². The van der Waals surface area contributed by atoms with E-state index in [1.807, 2.05) is 0 Å². The summed E-state index contributed by atoms with van der Waals surface area (Å²) >= 11 is 0. The van der Waals surface area contributed by atoms with Crippen molar-refractivity contribution >= 4 is 0 Å². The molecule has 0 fully saturated rings. The molecule has 2 rings (SSSR count). The molecule has 1 nitrogen and oxygen atoms in total. The van der Waals surface area contributed by atoms with Crippen LogP contribution in [0.15, 0.2) is 60.7 Å². The SMILES string of the molecule is C[C@H](CN[C@@H](C)c1ccccc1)c1ccccc1. The first kappa shape index (κ1) is 12.8. The van der Waals surface area contributed by atoms with Crippen LogP contribution in [0.5, 0.6) is 0 Å². The highest BCUT2D eigenvalue weighted by Gasteiger charge is 2.08. The largest absolute Gasteiger partial charge is 0.310 e. The molecule has 0 spiro atoms. The van der Waals surface area contributed by atoms with Crippen molar-refractivity contribution in [2.75, 3.05) is 6.54 Å². The number of rotatable bonds is 5. The third-order valence-electron chi connectivity index (χ3n) is 3.40. The van der Waals surface area contributed by atoms with Crippen LogP contribution in [0.25, 0.3) is 0 Å². The maximum Gasteiger partial charge on any atom is 0.0292 e. The molecule has 0 saturated carbocycles. The lowest BCUT2D eigenvalue weighted by atomic mass is 10.0. The molecule has 0 saturated heterocycles. The molecule has 1 heteroatoms. The Morgan fingerprint density at radius 1 is 0.778 bits per heavy atom. The summed E-state index contributed by atoms with van der Waals surface area (Å²) in [5, 5.41) is 3.60. The second kappa shape index (κ2) is 6.36. The maximum absolute atomic E-state index is 3.60. The first-order chi connectivity index (χ1) is 8.77. The molecule has 0 radical (unpaired) electrons. The minimum atomic E-state index is 0.400. The predicted octanol–water partition coefficient (Wildman–Crippen LogP) is 4.14. The highest BCUT2D eigenvalue weighted by atomic mass is 14.9. The van der Waals surface area contributed by atoms with Crippen LogP contribution in [-0.2, 0) is 0 Å². The smallest absolute Gasteiger partial charge is 0.0292 e. The Bertz CT molecular complexity index is 404. The van der Waals surface area contributed by atoms with Gasteiger partial charge in [0.2, 0.25) is 0 Å². The molecule has 2 aromatic carbocycles. The minimum absolute atomic E-state index is 0.400. The fourth-order valence-electron chi connectivity index (χ4n) is 2.11. The van der Waals surface area contributed by atoms with Crippen molar-refractivity contribution in [1.29, 1.82) is 0 Å². The highest BCUT2D eigenvalue weighted by Crippen LogP contribution is 2.16. The number of hydrogen-bond acceptors (Lipinski definition) is 1. The molecular weight excluding hydrogens is 218 g/mol. The van der Waals surface area contributed by atoms with Crippen molar-refractivity contribution in [1.82, 2.24) is 5.32 Å². The van der Waals surface area contributed by atoms with Crippen molar-refractivity contribution in [3.63, 3.8) is 0 Å². The zero-order valence-electron chi connectivity index (χ0n) is 11.1. The molecular formula is C17H21N. The van der Waals surface area contributed by atoms with Crippen LogP contribution in [0.3, 0.4) is 0 Å². The van der Waals surface area contributed by atoms with Crippen LogP contribution < -0.4 is 5.32 Å². The van der Waals surface area contributed by atoms with E-state index >= 15 is 0 Å². The molecule has 2 atom stereocenters. The summed E-state index contributed by atoms with van der Waals surface area (Å²) in [4.78, 5) is 0. The normalized spacial score (nSPS) is 14.1. The highest BCUT2D eigenvalue weighted by molar-refractivity contribution is 5.20. The Morgan fingerprint density at radius 2 is 1.28 bits per heavy atom. The Morgan fingerprint density at radius 3 is 1.83 bits per heavy atom. The topological polar surface area (TPSA) is 12.0 Å². The van der Waals surface area contributed by atoms with Gasteiger partial charge in [0.05, 0.1) is 0 Å². The summed E-state index contributed by atoms with van der Waals surface area (Å²) in [5.41, 5.74) is 2.74. The molecule has 0 aromatic heterocycles. The van der Waals surface area contributed by atoms with E-state index in [0.717, 1.165) is 6.54 Å². The van der Waals surface area contributed by atoms with Crippen LogP contribution >= 0.6 is 0 Å². The first-order valence-corrected chi connectivity index (χ1v) is 6.60. The summed E-state index contributed by atoms with van der Waals surface area (Å²) in [6.07, 6.45) is 0. The van der Waals surface area contributed by atoms with E-state index in [0.29, 0.717) is 12.0 Å². The number of benzene rings is 2. The van der Waals surface area contributed by atoms with Gasteiger partial charge in [0.1, 0.15) is 0 Å². The minimum Gasteiger partial charge on any atom is -0.310 e. The molecule has 18 heavy (non-hydrogen) atoms. The van der Waals surface area contributed by atoms with Crippen LogP contribution in [0, 0.1) is 0 Å². The van der Waals surface area contributed by atoms with E-state index in [1.54, 1.807) is 0 Å². The third kappa shape index (κ3) is 3.44. The van der Waals surface area contributed by atoms with Gasteiger partial charge in [-0.3, -0.25) is 0 Å². The van der Waals surface area contributed by atoms with Gasteiger partial charge in [-0.2, -0.15) is 0 Å². The zero-order valence-corrected chi connectivity index (χ0v) is 11.1. The Labute approximate surface area is 110 Å². The predicted molar refractivity (Wildman–Crippen MR) is 77.7 cm³/mol. The Balaban J connectivity index is 1.89. The van der Waals surface area contributed by atoms with Crippen molar-refractivity contribution in [2.45, 2.75) is 25.8 Å². The van der Waals surface area contributed by atoms with Crippen LogP contribution in [0.4, 0.5) is 0 Å². The van der Waals surface area contributed by atoms with Gasteiger partial charge in [-0.05, 0) is 24.0 Å². The number of hydrogen-bond donors (Lipinski definition) is 1. The summed E-state index contributed by atoms with van der Waals surface area (Å²) in [6, 6.07) is 21.6. The van der Waals surface area contributed by atoms with Gasteiger partial charge in [-0.25, -0.2) is 0 Å².